The van der Waals surface area contributed by atoms with Gasteiger partial charge in [0.2, 0.25) is 0 Å². The van der Waals surface area contributed by atoms with Gasteiger partial charge < -0.3 is 0 Å². The molecule has 0 saturated carbocycles. The van der Waals surface area contributed by atoms with Crippen molar-refractivity contribution in [3.05, 3.63) is 193 Å². The largest absolute Gasteiger partial charge is 0.228 e. The van der Waals surface area contributed by atoms with Crippen LogP contribution in [0.5, 0.6) is 0 Å². The second-order valence-electron chi connectivity index (χ2n) is 14.5. The topological polar surface area (TPSA) is 25.8 Å². The van der Waals surface area contributed by atoms with Gasteiger partial charge in [-0.1, -0.05) is 190 Å². The molecule has 2 nitrogen and oxygen atoms in total. The molecule has 1 aliphatic rings. The third-order valence-corrected chi connectivity index (χ3v) is 11.1. The van der Waals surface area contributed by atoms with Crippen molar-refractivity contribution in [2.24, 2.45) is 0 Å². The van der Waals surface area contributed by atoms with E-state index in [0.717, 1.165) is 28.1 Å². The first-order valence-electron chi connectivity index (χ1n) is 18.3. The van der Waals surface area contributed by atoms with Gasteiger partial charge in [-0.05, 0) is 72.1 Å². The quantitative estimate of drug-likeness (QED) is 0.181. The third-order valence-electron chi connectivity index (χ3n) is 11.1. The lowest BCUT2D eigenvalue weighted by Crippen LogP contribution is -2.16. The van der Waals surface area contributed by atoms with Crippen molar-refractivity contribution in [1.82, 2.24) is 9.97 Å². The normalized spacial score (nSPS) is 12.9. The van der Waals surface area contributed by atoms with Gasteiger partial charge in [0.05, 0.1) is 11.4 Å². The zero-order valence-electron chi connectivity index (χ0n) is 29.7. The highest BCUT2D eigenvalue weighted by molar-refractivity contribution is 6.08. The molecule has 0 bridgehead atoms. The van der Waals surface area contributed by atoms with Gasteiger partial charge >= 0.3 is 0 Å². The predicted molar refractivity (Wildman–Crippen MR) is 222 cm³/mol. The van der Waals surface area contributed by atoms with E-state index < -0.39 is 0 Å². The van der Waals surface area contributed by atoms with Gasteiger partial charge in [0.1, 0.15) is 0 Å². The molecule has 9 aromatic rings. The van der Waals surface area contributed by atoms with Crippen molar-refractivity contribution in [3.8, 4) is 67.3 Å². The van der Waals surface area contributed by atoms with E-state index >= 15 is 0 Å². The molecule has 0 N–H and O–H groups in total. The third kappa shape index (κ3) is 5.02. The number of nitrogens with zero attached hydrogens (tertiary/aromatic N) is 2. The summed E-state index contributed by atoms with van der Waals surface area (Å²) in [4.78, 5) is 10.6. The van der Waals surface area contributed by atoms with Crippen molar-refractivity contribution in [2.45, 2.75) is 19.3 Å². The fraction of sp³-hybridized carbons (Fsp3) is 0.0588. The van der Waals surface area contributed by atoms with E-state index in [4.69, 9.17) is 9.97 Å². The number of hydrogen-bond acceptors (Lipinski definition) is 2. The molecule has 1 aromatic heterocycles. The summed E-state index contributed by atoms with van der Waals surface area (Å²) < 4.78 is 0. The molecule has 8 aromatic carbocycles. The van der Waals surface area contributed by atoms with E-state index in [1.807, 2.05) is 6.07 Å². The van der Waals surface area contributed by atoms with Gasteiger partial charge in [0.15, 0.2) is 5.82 Å². The summed E-state index contributed by atoms with van der Waals surface area (Å²) >= 11 is 0. The Hall–Kier alpha value is -6.64. The van der Waals surface area contributed by atoms with Crippen LogP contribution in [0.1, 0.15) is 25.0 Å². The van der Waals surface area contributed by atoms with Crippen LogP contribution in [-0.4, -0.2) is 9.97 Å². The second-order valence-corrected chi connectivity index (χ2v) is 14.5. The smallest absolute Gasteiger partial charge is 0.160 e. The minimum absolute atomic E-state index is 0.120. The van der Waals surface area contributed by atoms with Crippen LogP contribution in [-0.2, 0) is 5.41 Å². The van der Waals surface area contributed by atoms with E-state index in [1.54, 1.807) is 0 Å². The van der Waals surface area contributed by atoms with E-state index in [0.29, 0.717) is 5.82 Å². The molecule has 250 valence electrons. The lowest BCUT2D eigenvalue weighted by Gasteiger charge is -2.25. The highest BCUT2D eigenvalue weighted by Crippen LogP contribution is 2.53. The molecule has 1 heterocycles. The summed E-state index contributed by atoms with van der Waals surface area (Å²) in [6.45, 7) is 4.73. The Morgan fingerprint density at radius 3 is 1.62 bits per heavy atom. The zero-order chi connectivity index (χ0) is 35.5. The highest BCUT2D eigenvalue weighted by atomic mass is 14.9. The number of benzene rings is 8. The molecular weight excluding hydrogens is 641 g/mol. The summed E-state index contributed by atoms with van der Waals surface area (Å²) in [6.07, 6.45) is 0. The van der Waals surface area contributed by atoms with Gasteiger partial charge in [-0.25, -0.2) is 9.97 Å². The number of fused-ring (bicyclic) bond motifs is 5. The van der Waals surface area contributed by atoms with Crippen LogP contribution in [0.4, 0.5) is 0 Å². The van der Waals surface area contributed by atoms with Crippen molar-refractivity contribution in [1.29, 1.82) is 0 Å². The molecule has 0 saturated heterocycles. The number of rotatable bonds is 5. The number of hydrogen-bond donors (Lipinski definition) is 0. The Morgan fingerprint density at radius 2 is 0.887 bits per heavy atom. The van der Waals surface area contributed by atoms with Gasteiger partial charge in [0.25, 0.3) is 0 Å². The molecule has 0 unspecified atom stereocenters. The average Bonchev–Trinajstić information content (AvgIpc) is 3.46. The fourth-order valence-electron chi connectivity index (χ4n) is 8.68. The Morgan fingerprint density at radius 1 is 0.377 bits per heavy atom. The minimum Gasteiger partial charge on any atom is -0.228 e. The maximum atomic E-state index is 5.31. The predicted octanol–water partition coefficient (Wildman–Crippen LogP) is 13.4. The Balaban J connectivity index is 1.20. The molecule has 0 aliphatic heterocycles. The standard InChI is InChI=1S/C51H36N2/c1-51(2)45-29-12-11-24-40(45)43-27-15-26-42(49(43)51)39-30-31-41(38-23-10-9-22-37(38)39)46-32-47(53-50(52-46)35-18-7-4-8-19-35)44-28-14-21-34-20-13-25-36(48(34)44)33-16-5-3-6-17-33/h3-32H,1-2H3. The van der Waals surface area contributed by atoms with Crippen LogP contribution in [0.2, 0.25) is 0 Å². The first-order valence-corrected chi connectivity index (χ1v) is 18.3. The summed E-state index contributed by atoms with van der Waals surface area (Å²) in [5.74, 6) is 0.709. The van der Waals surface area contributed by atoms with Crippen LogP contribution in [0.25, 0.3) is 88.8 Å². The molecule has 0 fully saturated rings. The van der Waals surface area contributed by atoms with Gasteiger partial charge in [-0.3, -0.25) is 0 Å². The van der Waals surface area contributed by atoms with Crippen LogP contribution in [0.3, 0.4) is 0 Å². The van der Waals surface area contributed by atoms with E-state index in [2.05, 4.69) is 190 Å². The molecule has 2 heteroatoms. The molecular formula is C51H36N2. The van der Waals surface area contributed by atoms with Crippen LogP contribution in [0.15, 0.2) is 182 Å². The monoisotopic (exact) mass is 676 g/mol. The Kier molecular flexibility index (Phi) is 7.19. The van der Waals surface area contributed by atoms with Crippen LogP contribution in [0, 0.1) is 0 Å². The summed E-state index contributed by atoms with van der Waals surface area (Å²) in [6, 6.07) is 65.3. The van der Waals surface area contributed by atoms with Gasteiger partial charge in [-0.15, -0.1) is 0 Å². The fourth-order valence-corrected chi connectivity index (χ4v) is 8.68. The highest BCUT2D eigenvalue weighted by Gasteiger charge is 2.37. The molecule has 0 radical (unpaired) electrons. The summed E-state index contributed by atoms with van der Waals surface area (Å²) in [5, 5.41) is 4.75. The van der Waals surface area contributed by atoms with Crippen LogP contribution >= 0.6 is 0 Å². The second kappa shape index (κ2) is 12.3. The van der Waals surface area contributed by atoms with E-state index in [-0.39, 0.29) is 5.41 Å². The molecule has 53 heavy (non-hydrogen) atoms. The number of aromatic nitrogens is 2. The van der Waals surface area contributed by atoms with Crippen molar-refractivity contribution >= 4 is 21.5 Å². The van der Waals surface area contributed by atoms with Gasteiger partial charge in [0, 0.05) is 22.1 Å². The zero-order valence-corrected chi connectivity index (χ0v) is 29.7. The van der Waals surface area contributed by atoms with Crippen LogP contribution < -0.4 is 0 Å². The molecule has 0 atom stereocenters. The maximum Gasteiger partial charge on any atom is 0.160 e. The molecule has 0 amide bonds. The Labute approximate surface area is 310 Å². The Bertz CT molecular complexity index is 2850. The van der Waals surface area contributed by atoms with Crippen molar-refractivity contribution < 1.29 is 0 Å². The van der Waals surface area contributed by atoms with Crippen molar-refractivity contribution in [3.63, 3.8) is 0 Å². The summed E-state index contributed by atoms with van der Waals surface area (Å²) in [7, 11) is 0. The lowest BCUT2D eigenvalue weighted by atomic mass is 9.78. The maximum absolute atomic E-state index is 5.31. The average molecular weight is 677 g/mol. The van der Waals surface area contributed by atoms with E-state index in [1.165, 1.54) is 66.1 Å². The minimum atomic E-state index is -0.120. The van der Waals surface area contributed by atoms with Gasteiger partial charge in [-0.2, -0.15) is 0 Å². The molecule has 1 aliphatic carbocycles. The molecule has 10 rings (SSSR count). The van der Waals surface area contributed by atoms with Crippen molar-refractivity contribution in [2.75, 3.05) is 0 Å². The van der Waals surface area contributed by atoms with E-state index in [9.17, 15) is 0 Å². The molecule has 0 spiro atoms. The lowest BCUT2D eigenvalue weighted by molar-refractivity contribution is 0.662. The first-order chi connectivity index (χ1) is 26.1. The summed E-state index contributed by atoms with van der Waals surface area (Å²) in [5.41, 5.74) is 15.2. The SMILES string of the molecule is CC1(C)c2ccccc2-c2cccc(-c3ccc(-c4cc(-c5cccc6cccc(-c7ccccc7)c56)nc(-c5ccccc5)n4)c4ccccc34)c21. The first kappa shape index (κ1) is 31.1.